The van der Waals surface area contributed by atoms with E-state index in [1.54, 1.807) is 18.2 Å². The minimum absolute atomic E-state index is 0.0421. The number of carbonyl (C=O) groups is 1. The van der Waals surface area contributed by atoms with Crippen LogP contribution in [0.4, 0.5) is 4.79 Å². The zero-order valence-corrected chi connectivity index (χ0v) is 17.3. The molecule has 0 saturated heterocycles. The Bertz CT molecular complexity index is 1160. The fraction of sp³-hybridized carbons (Fsp3) is 0.304. The molecule has 1 aliphatic rings. The number of nitriles is 1. The molecule has 0 fully saturated rings. The number of nitrogens with two attached hydrogens (primary N) is 1. The van der Waals surface area contributed by atoms with E-state index in [-0.39, 0.29) is 12.2 Å². The summed E-state index contributed by atoms with van der Waals surface area (Å²) in [4.78, 5) is 15.8. The molecule has 0 saturated carbocycles. The van der Waals surface area contributed by atoms with Gasteiger partial charge in [0, 0.05) is 11.1 Å². The number of fused-ring (bicyclic) bond motifs is 1. The topological polar surface area (TPSA) is 124 Å². The summed E-state index contributed by atoms with van der Waals surface area (Å²) in [6, 6.07) is 13.1. The Morgan fingerprint density at radius 2 is 2.16 bits per heavy atom. The maximum Gasteiger partial charge on any atom is 0.405 e. The summed E-state index contributed by atoms with van der Waals surface area (Å²) in [5, 5.41) is 13.6. The molecule has 1 amide bonds. The van der Waals surface area contributed by atoms with Crippen molar-refractivity contribution in [2.24, 2.45) is 5.73 Å². The highest BCUT2D eigenvalue weighted by molar-refractivity contribution is 5.68. The van der Waals surface area contributed by atoms with Crippen LogP contribution in [0.15, 0.2) is 40.9 Å². The van der Waals surface area contributed by atoms with Crippen LogP contribution in [0.3, 0.4) is 0 Å². The van der Waals surface area contributed by atoms with Crippen molar-refractivity contribution in [1.82, 2.24) is 10.1 Å². The van der Waals surface area contributed by atoms with Crippen LogP contribution in [0.2, 0.25) is 0 Å². The van der Waals surface area contributed by atoms with Gasteiger partial charge in [0.05, 0.1) is 11.7 Å². The van der Waals surface area contributed by atoms with Gasteiger partial charge in [-0.1, -0.05) is 23.4 Å². The molecular formula is C23H22N4O4. The van der Waals surface area contributed by atoms with Gasteiger partial charge in [0.15, 0.2) is 0 Å². The smallest absolute Gasteiger partial charge is 0.405 e. The SMILES string of the molecule is CC(C)Oc1ccc(-c2nc(-c3cccc4c3CCCC4OC(N)=O)no2)cc1C#N. The van der Waals surface area contributed by atoms with E-state index in [0.29, 0.717) is 28.6 Å². The average molecular weight is 418 g/mol. The van der Waals surface area contributed by atoms with Gasteiger partial charge < -0.3 is 19.7 Å². The molecule has 1 atom stereocenters. The molecule has 2 aromatic carbocycles. The van der Waals surface area contributed by atoms with Gasteiger partial charge in [-0.25, -0.2) is 4.79 Å². The Kier molecular flexibility index (Phi) is 5.58. The van der Waals surface area contributed by atoms with Crippen LogP contribution >= 0.6 is 0 Å². The first-order chi connectivity index (χ1) is 15.0. The molecule has 158 valence electrons. The van der Waals surface area contributed by atoms with Crippen molar-refractivity contribution in [2.75, 3.05) is 0 Å². The lowest BCUT2D eigenvalue weighted by Crippen LogP contribution is -2.21. The zero-order valence-electron chi connectivity index (χ0n) is 17.3. The standard InChI is InChI=1S/C23H22N4O4/c1-13(2)29-19-10-9-14(11-15(19)12-24)22-26-21(27-31-22)18-7-3-6-17-16(18)5-4-8-20(17)30-23(25)28/h3,6-7,9-11,13,20H,4-5,8H2,1-2H3,(H2,25,28). The van der Waals surface area contributed by atoms with E-state index >= 15 is 0 Å². The van der Waals surface area contributed by atoms with Crippen molar-refractivity contribution in [3.05, 3.63) is 53.1 Å². The molecule has 0 spiro atoms. The Hall–Kier alpha value is -3.86. The third kappa shape index (κ3) is 4.21. The van der Waals surface area contributed by atoms with Gasteiger partial charge in [-0.2, -0.15) is 10.2 Å². The van der Waals surface area contributed by atoms with Crippen molar-refractivity contribution < 1.29 is 18.8 Å². The van der Waals surface area contributed by atoms with Gasteiger partial charge in [0.25, 0.3) is 5.89 Å². The van der Waals surface area contributed by atoms with Gasteiger partial charge in [0.2, 0.25) is 5.82 Å². The van der Waals surface area contributed by atoms with Gasteiger partial charge in [-0.3, -0.25) is 0 Å². The highest BCUT2D eigenvalue weighted by Gasteiger charge is 2.26. The first-order valence-corrected chi connectivity index (χ1v) is 10.1. The summed E-state index contributed by atoms with van der Waals surface area (Å²) in [6.45, 7) is 3.80. The lowest BCUT2D eigenvalue weighted by Gasteiger charge is -2.26. The van der Waals surface area contributed by atoms with Crippen molar-refractivity contribution in [3.63, 3.8) is 0 Å². The van der Waals surface area contributed by atoms with Crippen molar-refractivity contribution in [1.29, 1.82) is 5.26 Å². The lowest BCUT2D eigenvalue weighted by molar-refractivity contribution is 0.0959. The number of carbonyl (C=O) groups excluding carboxylic acids is 1. The van der Waals surface area contributed by atoms with Gasteiger partial charge in [-0.15, -0.1) is 0 Å². The Morgan fingerprint density at radius 1 is 1.32 bits per heavy atom. The number of rotatable bonds is 5. The number of aromatic nitrogens is 2. The van der Waals surface area contributed by atoms with Crippen molar-refractivity contribution >= 4 is 6.09 Å². The van der Waals surface area contributed by atoms with Crippen LogP contribution in [0.25, 0.3) is 22.8 Å². The normalized spacial score (nSPS) is 15.2. The molecule has 2 N–H and O–H groups in total. The van der Waals surface area contributed by atoms with E-state index in [0.717, 1.165) is 36.0 Å². The summed E-state index contributed by atoms with van der Waals surface area (Å²) < 4.78 is 16.4. The molecule has 1 heterocycles. The summed E-state index contributed by atoms with van der Waals surface area (Å²) in [7, 11) is 0. The number of nitrogens with zero attached hydrogens (tertiary/aromatic N) is 3. The van der Waals surface area contributed by atoms with Crippen LogP contribution in [-0.2, 0) is 11.2 Å². The molecule has 0 aliphatic heterocycles. The first kappa shape index (κ1) is 20.4. The lowest BCUT2D eigenvalue weighted by atomic mass is 9.86. The fourth-order valence-electron chi connectivity index (χ4n) is 3.83. The summed E-state index contributed by atoms with van der Waals surface area (Å²) in [5.74, 6) is 1.26. The second kappa shape index (κ2) is 8.48. The summed E-state index contributed by atoms with van der Waals surface area (Å²) >= 11 is 0. The number of primary amides is 1. The fourth-order valence-corrected chi connectivity index (χ4v) is 3.83. The van der Waals surface area contributed by atoms with E-state index in [2.05, 4.69) is 16.2 Å². The van der Waals surface area contributed by atoms with E-state index in [1.165, 1.54) is 0 Å². The summed E-state index contributed by atoms with van der Waals surface area (Å²) in [5.41, 5.74) is 9.01. The number of benzene rings is 2. The van der Waals surface area contributed by atoms with Crippen molar-refractivity contribution in [3.8, 4) is 34.7 Å². The van der Waals surface area contributed by atoms with E-state index < -0.39 is 6.09 Å². The minimum atomic E-state index is -0.789. The number of ether oxygens (including phenoxy) is 2. The molecule has 8 nitrogen and oxygen atoms in total. The van der Waals surface area contributed by atoms with Crippen LogP contribution in [0, 0.1) is 11.3 Å². The van der Waals surface area contributed by atoms with E-state index in [1.807, 2.05) is 32.0 Å². The van der Waals surface area contributed by atoms with Crippen LogP contribution < -0.4 is 10.5 Å². The minimum Gasteiger partial charge on any atom is -0.490 e. The Morgan fingerprint density at radius 3 is 2.90 bits per heavy atom. The molecular weight excluding hydrogens is 396 g/mol. The highest BCUT2D eigenvalue weighted by atomic mass is 16.6. The maximum atomic E-state index is 11.3. The molecule has 3 aromatic rings. The molecule has 1 unspecified atom stereocenters. The Balaban J connectivity index is 1.68. The quantitative estimate of drug-likeness (QED) is 0.645. The molecule has 0 bridgehead atoms. The molecule has 1 aromatic heterocycles. The number of hydrogen-bond acceptors (Lipinski definition) is 7. The van der Waals surface area contributed by atoms with E-state index in [9.17, 15) is 10.1 Å². The second-order valence-corrected chi connectivity index (χ2v) is 7.60. The highest BCUT2D eigenvalue weighted by Crippen LogP contribution is 2.38. The monoisotopic (exact) mass is 418 g/mol. The average Bonchev–Trinajstić information content (AvgIpc) is 3.23. The number of amides is 1. The summed E-state index contributed by atoms with van der Waals surface area (Å²) in [6.07, 6.45) is 1.18. The third-order valence-corrected chi connectivity index (χ3v) is 5.09. The molecule has 8 heteroatoms. The third-order valence-electron chi connectivity index (χ3n) is 5.09. The van der Waals surface area contributed by atoms with Gasteiger partial charge in [-0.05, 0) is 62.4 Å². The molecule has 1 aliphatic carbocycles. The number of hydrogen-bond donors (Lipinski definition) is 1. The second-order valence-electron chi connectivity index (χ2n) is 7.60. The molecule has 31 heavy (non-hydrogen) atoms. The van der Waals surface area contributed by atoms with E-state index in [4.69, 9.17) is 19.7 Å². The largest absolute Gasteiger partial charge is 0.490 e. The van der Waals surface area contributed by atoms with Crippen LogP contribution in [0.1, 0.15) is 49.5 Å². The predicted octanol–water partition coefficient (Wildman–Crippen LogP) is 4.54. The first-order valence-electron chi connectivity index (χ1n) is 10.1. The Labute approximate surface area is 179 Å². The molecule has 4 rings (SSSR count). The maximum absolute atomic E-state index is 11.3. The van der Waals surface area contributed by atoms with Crippen molar-refractivity contribution in [2.45, 2.75) is 45.3 Å². The van der Waals surface area contributed by atoms with Crippen LogP contribution in [0.5, 0.6) is 5.75 Å². The zero-order chi connectivity index (χ0) is 22.0. The predicted molar refractivity (Wildman–Crippen MR) is 112 cm³/mol. The van der Waals surface area contributed by atoms with Crippen LogP contribution in [-0.4, -0.2) is 22.3 Å². The van der Waals surface area contributed by atoms with Gasteiger partial charge in [0.1, 0.15) is 17.9 Å². The molecule has 0 radical (unpaired) electrons. The van der Waals surface area contributed by atoms with Gasteiger partial charge >= 0.3 is 6.09 Å².